The van der Waals surface area contributed by atoms with Crippen LogP contribution in [0.1, 0.15) is 54.4 Å². The van der Waals surface area contributed by atoms with Crippen LogP contribution in [0.15, 0.2) is 0 Å². The second-order valence-electron chi connectivity index (χ2n) is 6.51. The molecule has 0 aromatic carbocycles. The van der Waals surface area contributed by atoms with Crippen molar-refractivity contribution in [3.8, 4) is 0 Å². The van der Waals surface area contributed by atoms with E-state index < -0.39 is 12.0 Å². The topological polar surface area (TPSA) is 66.4 Å². The highest BCUT2D eigenvalue weighted by Gasteiger charge is 2.28. The van der Waals surface area contributed by atoms with Gasteiger partial charge in [0.25, 0.3) is 0 Å². The minimum absolute atomic E-state index is 0.117. The van der Waals surface area contributed by atoms with Gasteiger partial charge in [-0.05, 0) is 30.6 Å². The van der Waals surface area contributed by atoms with Gasteiger partial charge < -0.3 is 10.4 Å². The Labute approximate surface area is 117 Å². The van der Waals surface area contributed by atoms with Gasteiger partial charge in [-0.1, -0.05) is 41.5 Å². The van der Waals surface area contributed by atoms with Crippen LogP contribution in [-0.2, 0) is 9.59 Å². The Balaban J connectivity index is 4.71. The van der Waals surface area contributed by atoms with Crippen LogP contribution in [0.4, 0.5) is 0 Å². The second-order valence-corrected chi connectivity index (χ2v) is 6.51. The lowest BCUT2D eigenvalue weighted by molar-refractivity contribution is -0.143. The zero-order valence-corrected chi connectivity index (χ0v) is 13.1. The molecule has 112 valence electrons. The van der Waals surface area contributed by atoms with Crippen LogP contribution in [0.25, 0.3) is 0 Å². The summed E-state index contributed by atoms with van der Waals surface area (Å²) in [5.41, 5.74) is 0. The third-order valence-electron chi connectivity index (χ3n) is 3.19. The van der Waals surface area contributed by atoms with Crippen LogP contribution in [0.5, 0.6) is 0 Å². The highest BCUT2D eigenvalue weighted by atomic mass is 16.4. The van der Waals surface area contributed by atoms with Crippen LogP contribution in [-0.4, -0.2) is 23.0 Å². The molecule has 0 aliphatic heterocycles. The number of carbonyl (C=O) groups is 2. The van der Waals surface area contributed by atoms with Crippen molar-refractivity contribution >= 4 is 11.9 Å². The largest absolute Gasteiger partial charge is 0.480 e. The lowest BCUT2D eigenvalue weighted by Crippen LogP contribution is -2.45. The molecule has 0 saturated heterocycles. The number of rotatable bonds is 8. The van der Waals surface area contributed by atoms with Crippen molar-refractivity contribution in [2.24, 2.45) is 23.7 Å². The number of aliphatic carboxylic acids is 1. The molecular formula is C15H29NO3. The van der Waals surface area contributed by atoms with Crippen LogP contribution in [0.3, 0.4) is 0 Å². The van der Waals surface area contributed by atoms with Gasteiger partial charge in [-0.25, -0.2) is 4.79 Å². The van der Waals surface area contributed by atoms with Gasteiger partial charge in [-0.15, -0.1) is 0 Å². The molecule has 0 saturated carbocycles. The zero-order chi connectivity index (χ0) is 15.2. The average Bonchev–Trinajstić information content (AvgIpc) is 2.23. The van der Waals surface area contributed by atoms with Crippen LogP contribution in [0.2, 0.25) is 0 Å². The van der Waals surface area contributed by atoms with E-state index in [0.29, 0.717) is 12.3 Å². The Morgan fingerprint density at radius 2 is 1.42 bits per heavy atom. The van der Waals surface area contributed by atoms with Crippen molar-refractivity contribution in [1.29, 1.82) is 0 Å². The predicted molar refractivity (Wildman–Crippen MR) is 76.8 cm³/mol. The normalized spacial score (nSPS) is 14.8. The molecule has 19 heavy (non-hydrogen) atoms. The van der Waals surface area contributed by atoms with E-state index in [-0.39, 0.29) is 23.7 Å². The highest BCUT2D eigenvalue weighted by Crippen LogP contribution is 2.21. The molecule has 0 heterocycles. The maximum Gasteiger partial charge on any atom is 0.326 e. The molecule has 4 heteroatoms. The molecule has 0 radical (unpaired) electrons. The summed E-state index contributed by atoms with van der Waals surface area (Å²) in [6, 6.07) is -0.777. The molecule has 0 aromatic heterocycles. The lowest BCUT2D eigenvalue weighted by atomic mass is 9.86. The van der Waals surface area contributed by atoms with E-state index in [1.807, 2.05) is 27.7 Å². The summed E-state index contributed by atoms with van der Waals surface area (Å²) in [5.74, 6) is -0.314. The molecule has 1 amide bonds. The number of carbonyl (C=O) groups excluding carboxylic acids is 1. The van der Waals surface area contributed by atoms with Crippen molar-refractivity contribution in [2.75, 3.05) is 0 Å². The van der Waals surface area contributed by atoms with Gasteiger partial charge in [0.15, 0.2) is 0 Å². The minimum atomic E-state index is -0.950. The van der Waals surface area contributed by atoms with Crippen LogP contribution < -0.4 is 5.32 Å². The van der Waals surface area contributed by atoms with Crippen molar-refractivity contribution in [2.45, 2.75) is 60.4 Å². The second kappa shape index (κ2) is 8.18. The molecule has 0 rings (SSSR count). The summed E-state index contributed by atoms with van der Waals surface area (Å²) in [5, 5.41) is 11.9. The quantitative estimate of drug-likeness (QED) is 0.713. The third-order valence-corrected chi connectivity index (χ3v) is 3.19. The first-order valence-electron chi connectivity index (χ1n) is 7.18. The molecule has 0 aliphatic carbocycles. The first kappa shape index (κ1) is 17.9. The van der Waals surface area contributed by atoms with E-state index in [9.17, 15) is 9.59 Å². The Morgan fingerprint density at radius 3 is 1.74 bits per heavy atom. The first-order valence-corrected chi connectivity index (χ1v) is 7.18. The van der Waals surface area contributed by atoms with Crippen molar-refractivity contribution in [3.63, 3.8) is 0 Å². The van der Waals surface area contributed by atoms with Crippen LogP contribution in [0, 0.1) is 23.7 Å². The molecule has 0 aliphatic rings. The highest BCUT2D eigenvalue weighted by molar-refractivity contribution is 5.85. The van der Waals surface area contributed by atoms with Gasteiger partial charge in [0.05, 0.1) is 0 Å². The summed E-state index contributed by atoms with van der Waals surface area (Å²) < 4.78 is 0. The Morgan fingerprint density at radius 1 is 0.947 bits per heavy atom. The van der Waals surface area contributed by atoms with E-state index in [4.69, 9.17) is 5.11 Å². The van der Waals surface area contributed by atoms with Crippen LogP contribution >= 0.6 is 0 Å². The summed E-state index contributed by atoms with van der Waals surface area (Å²) in [7, 11) is 0. The summed E-state index contributed by atoms with van der Waals surface area (Å²) in [6.45, 7) is 12.1. The number of hydrogen-bond donors (Lipinski definition) is 2. The Bertz CT molecular complexity index is 298. The summed E-state index contributed by atoms with van der Waals surface area (Å²) in [4.78, 5) is 23.4. The maximum atomic E-state index is 12.2. The van der Waals surface area contributed by atoms with E-state index in [1.165, 1.54) is 0 Å². The van der Waals surface area contributed by atoms with E-state index in [1.54, 1.807) is 0 Å². The fraction of sp³-hybridized carbons (Fsp3) is 0.867. The van der Waals surface area contributed by atoms with Crippen molar-refractivity contribution in [3.05, 3.63) is 0 Å². The smallest absolute Gasteiger partial charge is 0.326 e. The first-order chi connectivity index (χ1) is 8.65. The molecule has 0 aromatic rings. The molecule has 1 unspecified atom stereocenters. The van der Waals surface area contributed by atoms with Gasteiger partial charge in [0.1, 0.15) is 6.04 Å². The number of carboxylic acid groups (broad SMARTS) is 1. The summed E-state index contributed by atoms with van der Waals surface area (Å²) >= 11 is 0. The molecule has 0 spiro atoms. The molecule has 2 atom stereocenters. The Hall–Kier alpha value is -1.06. The SMILES string of the molecule is CC(C)CC(C(=O)N[C@@H](CC(C)C)C(=O)O)C(C)C. The molecule has 2 N–H and O–H groups in total. The minimum Gasteiger partial charge on any atom is -0.480 e. The van der Waals surface area contributed by atoms with Gasteiger partial charge in [0.2, 0.25) is 5.91 Å². The molecule has 0 bridgehead atoms. The number of amides is 1. The van der Waals surface area contributed by atoms with E-state index in [0.717, 1.165) is 6.42 Å². The maximum absolute atomic E-state index is 12.2. The third kappa shape index (κ3) is 7.19. The van der Waals surface area contributed by atoms with E-state index in [2.05, 4.69) is 19.2 Å². The monoisotopic (exact) mass is 271 g/mol. The lowest BCUT2D eigenvalue weighted by Gasteiger charge is -2.25. The van der Waals surface area contributed by atoms with Crippen molar-refractivity contribution in [1.82, 2.24) is 5.32 Å². The number of hydrogen-bond acceptors (Lipinski definition) is 2. The standard InChI is InChI=1S/C15H29NO3/c1-9(2)7-12(11(5)6)14(17)16-13(15(18)19)8-10(3)4/h9-13H,7-8H2,1-6H3,(H,16,17)(H,18,19)/t12?,13-/m0/s1. The van der Waals surface area contributed by atoms with E-state index >= 15 is 0 Å². The van der Waals surface area contributed by atoms with Crippen molar-refractivity contribution < 1.29 is 14.7 Å². The fourth-order valence-electron chi connectivity index (χ4n) is 2.16. The molecular weight excluding hydrogens is 242 g/mol. The predicted octanol–water partition coefficient (Wildman–Crippen LogP) is 2.92. The Kier molecular flexibility index (Phi) is 7.72. The van der Waals surface area contributed by atoms with Gasteiger partial charge >= 0.3 is 5.97 Å². The average molecular weight is 271 g/mol. The number of carboxylic acids is 1. The summed E-state index contributed by atoms with van der Waals surface area (Å²) in [6.07, 6.45) is 1.26. The van der Waals surface area contributed by atoms with Gasteiger partial charge in [-0.3, -0.25) is 4.79 Å². The number of nitrogens with one attached hydrogen (secondary N) is 1. The van der Waals surface area contributed by atoms with Gasteiger partial charge in [0, 0.05) is 5.92 Å². The van der Waals surface area contributed by atoms with Gasteiger partial charge in [-0.2, -0.15) is 0 Å². The molecule has 4 nitrogen and oxygen atoms in total. The molecule has 0 fully saturated rings. The zero-order valence-electron chi connectivity index (χ0n) is 13.1. The fourth-order valence-corrected chi connectivity index (χ4v) is 2.16.